The molecule has 0 N–H and O–H groups in total. The Labute approximate surface area is 141 Å². The van der Waals surface area contributed by atoms with E-state index in [-0.39, 0.29) is 5.56 Å². The Balaban J connectivity index is 1.70. The molecule has 3 heterocycles. The number of aryl methyl sites for hydroxylation is 2. The molecule has 0 aliphatic rings. The molecule has 4 rings (SSSR count). The van der Waals surface area contributed by atoms with E-state index in [0.717, 1.165) is 10.6 Å². The molecule has 0 saturated carbocycles. The van der Waals surface area contributed by atoms with Gasteiger partial charge < -0.3 is 9.47 Å². The van der Waals surface area contributed by atoms with Gasteiger partial charge in [0, 0.05) is 26.5 Å². The van der Waals surface area contributed by atoms with Gasteiger partial charge in [-0.15, -0.1) is 10.2 Å². The van der Waals surface area contributed by atoms with Gasteiger partial charge in [-0.3, -0.25) is 9.20 Å². The van der Waals surface area contributed by atoms with Crippen LogP contribution in [0.2, 0.25) is 0 Å². The first kappa shape index (κ1) is 14.8. The first-order valence-electron chi connectivity index (χ1n) is 7.51. The number of aromatic nitrogens is 5. The largest absolute Gasteiger partial charge is 0.344 e. The van der Waals surface area contributed by atoms with Crippen LogP contribution in [-0.2, 0) is 13.6 Å². The standard InChI is InChI=1S/C16H16N6OS/c1-10-5-4-6-11-13(10)24-16(17-11)21(3)9-12-18-19-14-15(23)20(2)7-8-22(12)14/h4-8H,9H2,1-3H3. The molecule has 24 heavy (non-hydrogen) atoms. The number of nitrogens with zero attached hydrogens (tertiary/aromatic N) is 6. The smallest absolute Gasteiger partial charge is 0.295 e. The number of hydrogen-bond donors (Lipinski definition) is 0. The van der Waals surface area contributed by atoms with Crippen LogP contribution in [0.5, 0.6) is 0 Å². The van der Waals surface area contributed by atoms with Crippen LogP contribution in [0.1, 0.15) is 11.4 Å². The minimum atomic E-state index is -0.158. The monoisotopic (exact) mass is 340 g/mol. The molecule has 0 unspecified atom stereocenters. The van der Waals surface area contributed by atoms with Gasteiger partial charge in [0.1, 0.15) is 0 Å². The Bertz CT molecular complexity index is 1110. The Kier molecular flexibility index (Phi) is 3.34. The molecule has 0 radical (unpaired) electrons. The van der Waals surface area contributed by atoms with E-state index in [4.69, 9.17) is 0 Å². The first-order chi connectivity index (χ1) is 11.5. The van der Waals surface area contributed by atoms with E-state index in [1.54, 1.807) is 29.0 Å². The zero-order valence-corrected chi connectivity index (χ0v) is 14.4. The molecular weight excluding hydrogens is 324 g/mol. The predicted octanol–water partition coefficient (Wildman–Crippen LogP) is 1.98. The summed E-state index contributed by atoms with van der Waals surface area (Å²) in [5.74, 6) is 0.709. The third-order valence-corrected chi connectivity index (χ3v) is 5.34. The van der Waals surface area contributed by atoms with Gasteiger partial charge in [-0.2, -0.15) is 0 Å². The van der Waals surface area contributed by atoms with E-state index in [9.17, 15) is 4.79 Å². The van der Waals surface area contributed by atoms with Crippen LogP contribution in [-0.4, -0.2) is 31.2 Å². The van der Waals surface area contributed by atoms with Crippen molar-refractivity contribution in [1.82, 2.24) is 24.1 Å². The Morgan fingerprint density at radius 2 is 2.08 bits per heavy atom. The maximum atomic E-state index is 12.1. The predicted molar refractivity (Wildman–Crippen MR) is 94.7 cm³/mol. The van der Waals surface area contributed by atoms with Crippen molar-refractivity contribution < 1.29 is 0 Å². The second kappa shape index (κ2) is 5.41. The number of benzene rings is 1. The fourth-order valence-electron chi connectivity index (χ4n) is 2.64. The number of anilines is 1. The average molecular weight is 340 g/mol. The number of hydrogen-bond acceptors (Lipinski definition) is 6. The summed E-state index contributed by atoms with van der Waals surface area (Å²) in [7, 11) is 3.67. The molecular formula is C16H16N6OS. The Morgan fingerprint density at radius 1 is 1.25 bits per heavy atom. The molecule has 0 saturated heterocycles. The highest BCUT2D eigenvalue weighted by molar-refractivity contribution is 7.22. The van der Waals surface area contributed by atoms with E-state index in [1.165, 1.54) is 14.8 Å². The van der Waals surface area contributed by atoms with Gasteiger partial charge >= 0.3 is 0 Å². The summed E-state index contributed by atoms with van der Waals surface area (Å²) in [6.45, 7) is 2.61. The van der Waals surface area contributed by atoms with E-state index < -0.39 is 0 Å². The summed E-state index contributed by atoms with van der Waals surface area (Å²) in [4.78, 5) is 18.8. The number of thiazole rings is 1. The molecule has 1 aromatic carbocycles. The van der Waals surface area contributed by atoms with Crippen LogP contribution >= 0.6 is 11.3 Å². The minimum Gasteiger partial charge on any atom is -0.344 e. The highest BCUT2D eigenvalue weighted by Crippen LogP contribution is 2.30. The normalized spacial score (nSPS) is 11.5. The fraction of sp³-hybridized carbons (Fsp3) is 0.250. The quantitative estimate of drug-likeness (QED) is 0.570. The maximum Gasteiger partial charge on any atom is 0.295 e. The molecule has 0 aliphatic heterocycles. The van der Waals surface area contributed by atoms with Crippen molar-refractivity contribution in [1.29, 1.82) is 0 Å². The molecule has 0 aliphatic carbocycles. The molecule has 0 bridgehead atoms. The van der Waals surface area contributed by atoms with Crippen LogP contribution in [0.3, 0.4) is 0 Å². The highest BCUT2D eigenvalue weighted by atomic mass is 32.1. The topological polar surface area (TPSA) is 68.3 Å². The van der Waals surface area contributed by atoms with Gasteiger partial charge in [-0.05, 0) is 18.6 Å². The lowest BCUT2D eigenvalue weighted by Gasteiger charge is -2.14. The first-order valence-corrected chi connectivity index (χ1v) is 8.33. The van der Waals surface area contributed by atoms with Gasteiger partial charge in [-0.1, -0.05) is 23.5 Å². The zero-order chi connectivity index (χ0) is 16.8. The van der Waals surface area contributed by atoms with Crippen LogP contribution < -0.4 is 10.5 Å². The lowest BCUT2D eigenvalue weighted by molar-refractivity contribution is 0.801. The van der Waals surface area contributed by atoms with Gasteiger partial charge in [0.25, 0.3) is 5.56 Å². The maximum absolute atomic E-state index is 12.1. The zero-order valence-electron chi connectivity index (χ0n) is 13.6. The van der Waals surface area contributed by atoms with E-state index in [1.807, 2.05) is 30.3 Å². The number of fused-ring (bicyclic) bond motifs is 2. The summed E-state index contributed by atoms with van der Waals surface area (Å²) in [5.41, 5.74) is 2.40. The van der Waals surface area contributed by atoms with Crippen LogP contribution in [0.25, 0.3) is 15.9 Å². The van der Waals surface area contributed by atoms with Crippen molar-refractivity contribution in [3.63, 3.8) is 0 Å². The second-order valence-electron chi connectivity index (χ2n) is 5.80. The summed E-state index contributed by atoms with van der Waals surface area (Å²) in [5, 5.41) is 9.10. The molecule has 122 valence electrons. The van der Waals surface area contributed by atoms with E-state index in [0.29, 0.717) is 18.0 Å². The summed E-state index contributed by atoms with van der Waals surface area (Å²) in [6.07, 6.45) is 3.52. The van der Waals surface area contributed by atoms with Gasteiger partial charge in [0.15, 0.2) is 11.0 Å². The third kappa shape index (κ3) is 2.26. The molecule has 3 aromatic heterocycles. The molecule has 0 amide bonds. The van der Waals surface area contributed by atoms with Crippen molar-refractivity contribution in [2.24, 2.45) is 7.05 Å². The summed E-state index contributed by atoms with van der Waals surface area (Å²) in [6, 6.07) is 6.13. The van der Waals surface area contributed by atoms with Crippen molar-refractivity contribution in [2.45, 2.75) is 13.5 Å². The second-order valence-corrected chi connectivity index (χ2v) is 6.78. The van der Waals surface area contributed by atoms with E-state index >= 15 is 0 Å². The van der Waals surface area contributed by atoms with Crippen molar-refractivity contribution in [3.05, 3.63) is 52.3 Å². The van der Waals surface area contributed by atoms with Gasteiger partial charge in [0.2, 0.25) is 5.65 Å². The van der Waals surface area contributed by atoms with Crippen molar-refractivity contribution in [2.75, 3.05) is 11.9 Å². The average Bonchev–Trinajstić information content (AvgIpc) is 3.16. The highest BCUT2D eigenvalue weighted by Gasteiger charge is 2.14. The molecule has 8 heteroatoms. The van der Waals surface area contributed by atoms with Crippen molar-refractivity contribution >= 4 is 32.3 Å². The molecule has 0 atom stereocenters. The SMILES string of the molecule is Cc1cccc2nc(N(C)Cc3nnc4c(=O)n(C)ccn34)sc12. The van der Waals surface area contributed by atoms with Crippen LogP contribution in [0, 0.1) is 6.92 Å². The Hall–Kier alpha value is -2.74. The summed E-state index contributed by atoms with van der Waals surface area (Å²) >= 11 is 1.66. The number of rotatable bonds is 3. The third-order valence-electron chi connectivity index (χ3n) is 4.02. The molecule has 4 aromatic rings. The van der Waals surface area contributed by atoms with Crippen molar-refractivity contribution in [3.8, 4) is 0 Å². The fourth-order valence-corrected chi connectivity index (χ4v) is 3.64. The lowest BCUT2D eigenvalue weighted by Crippen LogP contribution is -2.21. The summed E-state index contributed by atoms with van der Waals surface area (Å²) < 4.78 is 4.42. The molecule has 0 fully saturated rings. The van der Waals surface area contributed by atoms with Gasteiger partial charge in [0.05, 0.1) is 16.8 Å². The molecule has 0 spiro atoms. The lowest BCUT2D eigenvalue weighted by atomic mass is 10.2. The van der Waals surface area contributed by atoms with Crippen LogP contribution in [0.4, 0.5) is 5.13 Å². The van der Waals surface area contributed by atoms with Gasteiger partial charge in [-0.25, -0.2) is 4.98 Å². The van der Waals surface area contributed by atoms with E-state index in [2.05, 4.69) is 28.2 Å². The van der Waals surface area contributed by atoms with Crippen LogP contribution in [0.15, 0.2) is 35.4 Å². The minimum absolute atomic E-state index is 0.158. The Morgan fingerprint density at radius 3 is 2.88 bits per heavy atom. The molecule has 7 nitrogen and oxygen atoms in total.